The summed E-state index contributed by atoms with van der Waals surface area (Å²) in [5.41, 5.74) is 1.64. The Morgan fingerprint density at radius 1 is 1.24 bits per heavy atom. The van der Waals surface area contributed by atoms with Gasteiger partial charge in [-0.25, -0.2) is 0 Å². The molecule has 1 aromatic heterocycles. The number of piperidine rings is 1. The van der Waals surface area contributed by atoms with Gasteiger partial charge in [0.15, 0.2) is 0 Å². The van der Waals surface area contributed by atoms with Crippen LogP contribution in [0.3, 0.4) is 0 Å². The molecule has 0 atom stereocenters. The van der Waals surface area contributed by atoms with Crippen molar-refractivity contribution in [2.75, 3.05) is 13.1 Å². The summed E-state index contributed by atoms with van der Waals surface area (Å²) in [5.74, 6) is -0.533. The number of carboxylic acids is 1. The van der Waals surface area contributed by atoms with Gasteiger partial charge in [0.25, 0.3) is 5.91 Å². The lowest BCUT2D eigenvalue weighted by molar-refractivity contribution is -0.138. The van der Waals surface area contributed by atoms with Crippen LogP contribution < -0.4 is 0 Å². The van der Waals surface area contributed by atoms with E-state index in [1.165, 1.54) is 0 Å². The minimum absolute atomic E-state index is 0.0280. The average molecular weight is 286 g/mol. The Kier molecular flexibility index (Phi) is 3.64. The number of nitrogens with zero attached hydrogens (tertiary/aromatic N) is 1. The predicted octanol–water partition coefficient (Wildman–Crippen LogP) is 2.49. The number of rotatable bonds is 3. The number of aromatic nitrogens is 1. The standard InChI is InChI=1S/C16H18N2O3/c19-15(20)9-11-4-7-18(8-5-11)16(21)13-2-1-12-3-6-17-14(12)10-13/h1-3,6,10-11,17H,4-5,7-9H2,(H,19,20). The Labute approximate surface area is 122 Å². The molecule has 1 aromatic carbocycles. The normalized spacial score (nSPS) is 16.3. The molecule has 0 radical (unpaired) electrons. The third-order valence-electron chi connectivity index (χ3n) is 4.17. The van der Waals surface area contributed by atoms with Gasteiger partial charge in [0, 0.05) is 36.8 Å². The third kappa shape index (κ3) is 2.91. The maximum atomic E-state index is 12.5. The molecule has 1 amide bonds. The van der Waals surface area contributed by atoms with Crippen LogP contribution in [0.5, 0.6) is 0 Å². The average Bonchev–Trinajstić information content (AvgIpc) is 2.94. The van der Waals surface area contributed by atoms with Gasteiger partial charge in [-0.15, -0.1) is 0 Å². The van der Waals surface area contributed by atoms with Crippen LogP contribution in [-0.2, 0) is 4.79 Å². The number of nitrogens with one attached hydrogen (secondary N) is 1. The highest BCUT2D eigenvalue weighted by molar-refractivity contribution is 5.98. The molecule has 0 spiro atoms. The number of carbonyl (C=O) groups excluding carboxylic acids is 1. The first-order valence-electron chi connectivity index (χ1n) is 7.21. The van der Waals surface area contributed by atoms with E-state index in [4.69, 9.17) is 5.11 Å². The molecule has 3 rings (SSSR count). The van der Waals surface area contributed by atoms with Crippen LogP contribution in [0.15, 0.2) is 30.5 Å². The first-order chi connectivity index (χ1) is 10.1. The summed E-state index contributed by atoms with van der Waals surface area (Å²) in [6.07, 6.45) is 3.60. The highest BCUT2D eigenvalue weighted by atomic mass is 16.4. The first-order valence-corrected chi connectivity index (χ1v) is 7.21. The van der Waals surface area contributed by atoms with E-state index in [0.717, 1.165) is 23.7 Å². The van der Waals surface area contributed by atoms with Crippen molar-refractivity contribution in [1.82, 2.24) is 9.88 Å². The van der Waals surface area contributed by atoms with Gasteiger partial charge >= 0.3 is 5.97 Å². The van der Waals surface area contributed by atoms with Gasteiger partial charge in [-0.3, -0.25) is 9.59 Å². The van der Waals surface area contributed by atoms with Crippen molar-refractivity contribution in [3.05, 3.63) is 36.0 Å². The zero-order chi connectivity index (χ0) is 14.8. The second-order valence-corrected chi connectivity index (χ2v) is 5.61. The minimum Gasteiger partial charge on any atom is -0.481 e. The lowest BCUT2D eigenvalue weighted by Crippen LogP contribution is -2.38. The van der Waals surface area contributed by atoms with E-state index in [2.05, 4.69) is 4.98 Å². The van der Waals surface area contributed by atoms with Gasteiger partial charge in [0.1, 0.15) is 0 Å². The van der Waals surface area contributed by atoms with E-state index >= 15 is 0 Å². The lowest BCUT2D eigenvalue weighted by Gasteiger charge is -2.31. The highest BCUT2D eigenvalue weighted by Gasteiger charge is 2.25. The van der Waals surface area contributed by atoms with Gasteiger partial charge in [0.2, 0.25) is 0 Å². The zero-order valence-electron chi connectivity index (χ0n) is 11.7. The third-order valence-corrected chi connectivity index (χ3v) is 4.17. The molecule has 2 aromatic rings. The minimum atomic E-state index is -0.753. The molecule has 2 N–H and O–H groups in total. The number of hydrogen-bond acceptors (Lipinski definition) is 2. The maximum absolute atomic E-state index is 12.5. The fourth-order valence-electron chi connectivity index (χ4n) is 2.95. The number of carbonyl (C=O) groups is 2. The number of carboxylic acid groups (broad SMARTS) is 1. The van der Waals surface area contributed by atoms with Crippen molar-refractivity contribution in [2.24, 2.45) is 5.92 Å². The Balaban J connectivity index is 1.67. The van der Waals surface area contributed by atoms with E-state index in [1.54, 1.807) is 0 Å². The van der Waals surface area contributed by atoms with Crippen molar-refractivity contribution in [3.63, 3.8) is 0 Å². The van der Waals surface area contributed by atoms with Crippen LogP contribution in [0.1, 0.15) is 29.6 Å². The van der Waals surface area contributed by atoms with Crippen LogP contribution >= 0.6 is 0 Å². The van der Waals surface area contributed by atoms with Crippen LogP contribution in [0.4, 0.5) is 0 Å². The van der Waals surface area contributed by atoms with E-state index in [0.29, 0.717) is 18.7 Å². The van der Waals surface area contributed by atoms with E-state index in [9.17, 15) is 9.59 Å². The molecular formula is C16H18N2O3. The van der Waals surface area contributed by atoms with Crippen molar-refractivity contribution < 1.29 is 14.7 Å². The summed E-state index contributed by atoms with van der Waals surface area (Å²) in [4.78, 5) is 28.1. The van der Waals surface area contributed by atoms with Gasteiger partial charge < -0.3 is 15.0 Å². The van der Waals surface area contributed by atoms with Gasteiger partial charge in [-0.2, -0.15) is 0 Å². The number of aliphatic carboxylic acids is 1. The summed E-state index contributed by atoms with van der Waals surface area (Å²) in [6.45, 7) is 1.28. The van der Waals surface area contributed by atoms with Crippen molar-refractivity contribution >= 4 is 22.8 Å². The number of H-pyrrole nitrogens is 1. The molecule has 1 aliphatic heterocycles. The van der Waals surface area contributed by atoms with E-state index in [1.807, 2.05) is 35.4 Å². The topological polar surface area (TPSA) is 73.4 Å². The molecule has 2 heterocycles. The molecule has 1 aliphatic rings. The molecule has 5 nitrogen and oxygen atoms in total. The van der Waals surface area contributed by atoms with Gasteiger partial charge in [-0.05, 0) is 42.3 Å². The van der Waals surface area contributed by atoms with Crippen LogP contribution in [0.25, 0.3) is 10.9 Å². The smallest absolute Gasteiger partial charge is 0.303 e. The molecule has 1 saturated heterocycles. The Morgan fingerprint density at radius 3 is 2.71 bits per heavy atom. The monoisotopic (exact) mass is 286 g/mol. The number of fused-ring (bicyclic) bond motifs is 1. The molecular weight excluding hydrogens is 268 g/mol. The number of hydrogen-bond donors (Lipinski definition) is 2. The van der Waals surface area contributed by atoms with Gasteiger partial charge in [0.05, 0.1) is 0 Å². The quantitative estimate of drug-likeness (QED) is 0.910. The SMILES string of the molecule is O=C(O)CC1CCN(C(=O)c2ccc3cc[nH]c3c2)CC1. The number of aromatic amines is 1. The van der Waals surface area contributed by atoms with Crippen LogP contribution in [0.2, 0.25) is 0 Å². The van der Waals surface area contributed by atoms with Gasteiger partial charge in [-0.1, -0.05) is 6.07 Å². The molecule has 21 heavy (non-hydrogen) atoms. The summed E-state index contributed by atoms with van der Waals surface area (Å²) in [7, 11) is 0. The van der Waals surface area contributed by atoms with E-state index in [-0.39, 0.29) is 18.2 Å². The van der Waals surface area contributed by atoms with Crippen LogP contribution in [-0.4, -0.2) is 40.0 Å². The van der Waals surface area contributed by atoms with Crippen molar-refractivity contribution in [1.29, 1.82) is 0 Å². The summed E-state index contributed by atoms with van der Waals surface area (Å²) < 4.78 is 0. The maximum Gasteiger partial charge on any atom is 0.303 e. The van der Waals surface area contributed by atoms with Crippen molar-refractivity contribution in [3.8, 4) is 0 Å². The molecule has 0 aliphatic carbocycles. The highest BCUT2D eigenvalue weighted by Crippen LogP contribution is 2.23. The zero-order valence-corrected chi connectivity index (χ0v) is 11.7. The number of amides is 1. The Hall–Kier alpha value is -2.30. The van der Waals surface area contributed by atoms with Crippen molar-refractivity contribution in [2.45, 2.75) is 19.3 Å². The summed E-state index contributed by atoms with van der Waals surface area (Å²) in [5, 5.41) is 9.90. The van der Waals surface area contributed by atoms with E-state index < -0.39 is 5.97 Å². The second-order valence-electron chi connectivity index (χ2n) is 5.61. The Bertz CT molecular complexity index is 669. The second kappa shape index (κ2) is 5.60. The fraction of sp³-hybridized carbons (Fsp3) is 0.375. The predicted molar refractivity (Wildman–Crippen MR) is 79.2 cm³/mol. The fourth-order valence-corrected chi connectivity index (χ4v) is 2.95. The first kappa shape index (κ1) is 13.7. The molecule has 1 fully saturated rings. The largest absolute Gasteiger partial charge is 0.481 e. The molecule has 110 valence electrons. The van der Waals surface area contributed by atoms with Crippen LogP contribution in [0, 0.1) is 5.92 Å². The number of likely N-dealkylation sites (tertiary alicyclic amines) is 1. The Morgan fingerprint density at radius 2 is 2.00 bits per heavy atom. The molecule has 0 unspecified atom stereocenters. The molecule has 0 saturated carbocycles. The lowest BCUT2D eigenvalue weighted by atomic mass is 9.93. The summed E-state index contributed by atoms with van der Waals surface area (Å²) in [6, 6.07) is 7.64. The molecule has 0 bridgehead atoms. The summed E-state index contributed by atoms with van der Waals surface area (Å²) >= 11 is 0. The number of benzene rings is 1. The molecule has 5 heteroatoms.